The lowest BCUT2D eigenvalue weighted by atomic mass is 10.1. The number of H-pyrrole nitrogens is 1. The second-order valence-corrected chi connectivity index (χ2v) is 6.15. The number of aliphatic hydroxyl groups excluding tert-OH is 1. The smallest absolute Gasteiger partial charge is 0.409 e. The standard InChI is InChI=1S/C15H19BrN4O3.CH4O/c1-3-23-15(22)20-6-4-10(5-7-20)19-14(21)13-11(8-17)12(16)9(2)18-13;1-2/h10,18H,3-7H2,1-2H3,(H,19,21);2H,1H3. The van der Waals surface area contributed by atoms with Crippen molar-refractivity contribution in [1.82, 2.24) is 15.2 Å². The molecule has 0 aliphatic carbocycles. The number of carbonyl (C=O) groups excluding carboxylic acids is 2. The highest BCUT2D eigenvalue weighted by Crippen LogP contribution is 2.24. The third-order valence-corrected chi connectivity index (χ3v) is 4.80. The number of aromatic nitrogens is 1. The van der Waals surface area contributed by atoms with Crippen molar-refractivity contribution >= 4 is 27.9 Å². The Morgan fingerprint density at radius 3 is 2.56 bits per heavy atom. The normalized spacial score (nSPS) is 14.2. The summed E-state index contributed by atoms with van der Waals surface area (Å²) in [6.45, 7) is 5.01. The number of hydrogen-bond acceptors (Lipinski definition) is 5. The van der Waals surface area contributed by atoms with Crippen molar-refractivity contribution in [2.75, 3.05) is 26.8 Å². The van der Waals surface area contributed by atoms with E-state index in [4.69, 9.17) is 9.84 Å². The molecule has 1 aromatic heterocycles. The molecule has 0 unspecified atom stereocenters. The van der Waals surface area contributed by atoms with E-state index in [0.29, 0.717) is 42.6 Å². The molecule has 2 heterocycles. The van der Waals surface area contributed by atoms with E-state index in [1.54, 1.807) is 18.7 Å². The SMILES string of the molecule is CCOC(=O)N1CCC(NC(=O)c2[nH]c(C)c(Br)c2C#N)CC1.CO. The Balaban J connectivity index is 0.00000151. The molecule has 1 aliphatic rings. The van der Waals surface area contributed by atoms with Crippen LogP contribution in [0.25, 0.3) is 0 Å². The maximum atomic E-state index is 12.4. The number of nitrogens with zero attached hydrogens (tertiary/aromatic N) is 2. The number of likely N-dealkylation sites (tertiary alicyclic amines) is 1. The molecule has 0 bridgehead atoms. The predicted octanol–water partition coefficient (Wildman–Crippen LogP) is 1.92. The molecule has 2 rings (SSSR count). The average molecular weight is 415 g/mol. The zero-order chi connectivity index (χ0) is 19.0. The Labute approximate surface area is 155 Å². The lowest BCUT2D eigenvalue weighted by Crippen LogP contribution is -2.46. The maximum Gasteiger partial charge on any atom is 0.409 e. The van der Waals surface area contributed by atoms with E-state index in [0.717, 1.165) is 12.8 Å². The number of nitrogens with one attached hydrogen (secondary N) is 2. The lowest BCUT2D eigenvalue weighted by Gasteiger charge is -2.31. The minimum absolute atomic E-state index is 0.0258. The minimum Gasteiger partial charge on any atom is -0.450 e. The molecule has 8 nitrogen and oxygen atoms in total. The second-order valence-electron chi connectivity index (χ2n) is 5.36. The topological polar surface area (TPSA) is 118 Å². The number of carbonyl (C=O) groups is 2. The van der Waals surface area contributed by atoms with E-state index < -0.39 is 0 Å². The van der Waals surface area contributed by atoms with Gasteiger partial charge in [-0.2, -0.15) is 5.26 Å². The average Bonchev–Trinajstić information content (AvgIpc) is 2.92. The summed E-state index contributed by atoms with van der Waals surface area (Å²) in [6, 6.07) is 2.00. The van der Waals surface area contributed by atoms with E-state index in [-0.39, 0.29) is 23.7 Å². The predicted molar refractivity (Wildman–Crippen MR) is 95.2 cm³/mol. The van der Waals surface area contributed by atoms with Crippen molar-refractivity contribution in [1.29, 1.82) is 5.26 Å². The Kier molecular flexibility index (Phi) is 8.45. The Morgan fingerprint density at radius 2 is 2.04 bits per heavy atom. The first-order valence-corrected chi connectivity index (χ1v) is 8.72. The summed E-state index contributed by atoms with van der Waals surface area (Å²) in [5, 5.41) is 19.1. The molecule has 0 aromatic carbocycles. The molecular formula is C16H23BrN4O4. The van der Waals surface area contributed by atoms with Crippen molar-refractivity contribution in [3.63, 3.8) is 0 Å². The van der Waals surface area contributed by atoms with Crippen molar-refractivity contribution in [3.8, 4) is 6.07 Å². The van der Waals surface area contributed by atoms with Gasteiger partial charge in [-0.05, 0) is 42.6 Å². The molecule has 2 amide bonds. The summed E-state index contributed by atoms with van der Waals surface area (Å²) in [4.78, 5) is 28.6. The van der Waals surface area contributed by atoms with Gasteiger partial charge in [0.25, 0.3) is 5.91 Å². The minimum atomic E-state index is -0.312. The summed E-state index contributed by atoms with van der Waals surface area (Å²) < 4.78 is 5.58. The summed E-state index contributed by atoms with van der Waals surface area (Å²) in [7, 11) is 1.00. The Morgan fingerprint density at radius 1 is 1.44 bits per heavy atom. The fourth-order valence-electron chi connectivity index (χ4n) is 2.56. The van der Waals surface area contributed by atoms with Crippen molar-refractivity contribution in [3.05, 3.63) is 21.4 Å². The van der Waals surface area contributed by atoms with Gasteiger partial charge >= 0.3 is 6.09 Å². The van der Waals surface area contributed by atoms with Gasteiger partial charge in [-0.15, -0.1) is 0 Å². The molecule has 1 aromatic rings. The van der Waals surface area contributed by atoms with Crippen LogP contribution in [0.1, 0.15) is 41.5 Å². The van der Waals surface area contributed by atoms with Crippen molar-refractivity contribution < 1.29 is 19.4 Å². The first kappa shape index (κ1) is 21.0. The van der Waals surface area contributed by atoms with Gasteiger partial charge in [0, 0.05) is 31.9 Å². The van der Waals surface area contributed by atoms with E-state index >= 15 is 0 Å². The molecular weight excluding hydrogens is 392 g/mol. The largest absolute Gasteiger partial charge is 0.450 e. The number of aryl methyl sites for hydroxylation is 1. The van der Waals surface area contributed by atoms with Crippen LogP contribution in [0.2, 0.25) is 0 Å². The first-order valence-electron chi connectivity index (χ1n) is 7.93. The second kappa shape index (κ2) is 10.1. The van der Waals surface area contributed by atoms with E-state index in [1.165, 1.54) is 0 Å². The number of aliphatic hydroxyl groups is 1. The van der Waals surface area contributed by atoms with Gasteiger partial charge in [0.15, 0.2) is 0 Å². The number of ether oxygens (including phenoxy) is 1. The third-order valence-electron chi connectivity index (χ3n) is 3.81. The highest BCUT2D eigenvalue weighted by Gasteiger charge is 2.26. The highest BCUT2D eigenvalue weighted by molar-refractivity contribution is 9.10. The molecule has 1 fully saturated rings. The molecule has 0 radical (unpaired) electrons. The number of halogens is 1. The number of rotatable bonds is 3. The fraction of sp³-hybridized carbons (Fsp3) is 0.562. The molecule has 0 atom stereocenters. The summed E-state index contributed by atoms with van der Waals surface area (Å²) in [5.74, 6) is -0.301. The quantitative estimate of drug-likeness (QED) is 0.697. The lowest BCUT2D eigenvalue weighted by molar-refractivity contribution is 0.0856. The highest BCUT2D eigenvalue weighted by atomic mass is 79.9. The molecule has 1 aliphatic heterocycles. The van der Waals surface area contributed by atoms with Crippen LogP contribution in [0.3, 0.4) is 0 Å². The van der Waals surface area contributed by atoms with Gasteiger partial charge in [0.2, 0.25) is 0 Å². The van der Waals surface area contributed by atoms with Crippen LogP contribution in [-0.4, -0.2) is 59.8 Å². The molecule has 9 heteroatoms. The van der Waals surface area contributed by atoms with E-state index in [2.05, 4.69) is 26.2 Å². The molecule has 3 N–H and O–H groups in total. The van der Waals surface area contributed by atoms with Crippen LogP contribution in [0.4, 0.5) is 4.79 Å². The van der Waals surface area contributed by atoms with Gasteiger partial charge < -0.3 is 25.0 Å². The molecule has 0 spiro atoms. The van der Waals surface area contributed by atoms with Crippen LogP contribution in [0, 0.1) is 18.3 Å². The molecule has 25 heavy (non-hydrogen) atoms. The number of aromatic amines is 1. The zero-order valence-corrected chi connectivity index (χ0v) is 16.1. The molecule has 138 valence electrons. The number of nitriles is 1. The van der Waals surface area contributed by atoms with Crippen molar-refractivity contribution in [2.45, 2.75) is 32.7 Å². The van der Waals surface area contributed by atoms with Crippen LogP contribution in [-0.2, 0) is 4.74 Å². The van der Waals surface area contributed by atoms with Crippen LogP contribution in [0.15, 0.2) is 4.47 Å². The number of hydrogen-bond donors (Lipinski definition) is 3. The van der Waals surface area contributed by atoms with Crippen LogP contribution in [0.5, 0.6) is 0 Å². The molecule has 0 saturated carbocycles. The zero-order valence-electron chi connectivity index (χ0n) is 14.6. The van der Waals surface area contributed by atoms with Gasteiger partial charge in [-0.25, -0.2) is 4.79 Å². The first-order chi connectivity index (χ1) is 12.0. The fourth-order valence-corrected chi connectivity index (χ4v) is 2.94. The Hall–Kier alpha value is -2.05. The third kappa shape index (κ3) is 5.21. The van der Waals surface area contributed by atoms with Gasteiger partial charge in [-0.1, -0.05) is 0 Å². The monoisotopic (exact) mass is 414 g/mol. The van der Waals surface area contributed by atoms with Gasteiger partial charge in [0.1, 0.15) is 11.8 Å². The summed E-state index contributed by atoms with van der Waals surface area (Å²) >= 11 is 3.30. The maximum absolute atomic E-state index is 12.4. The summed E-state index contributed by atoms with van der Waals surface area (Å²) in [6.07, 6.45) is 1.01. The number of amides is 2. The van der Waals surface area contributed by atoms with Crippen molar-refractivity contribution in [2.24, 2.45) is 0 Å². The summed E-state index contributed by atoms with van der Waals surface area (Å²) in [5.41, 5.74) is 1.32. The van der Waals surface area contributed by atoms with Gasteiger partial charge in [0.05, 0.1) is 16.6 Å². The Bertz CT molecular complexity index is 645. The van der Waals surface area contributed by atoms with Gasteiger partial charge in [-0.3, -0.25) is 4.79 Å². The number of piperidine rings is 1. The van der Waals surface area contributed by atoms with E-state index in [9.17, 15) is 14.9 Å². The van der Waals surface area contributed by atoms with Crippen LogP contribution < -0.4 is 5.32 Å². The van der Waals surface area contributed by atoms with Crippen LogP contribution >= 0.6 is 15.9 Å². The van der Waals surface area contributed by atoms with E-state index in [1.807, 2.05) is 6.07 Å². The molecule has 1 saturated heterocycles.